The first-order valence-electron chi connectivity index (χ1n) is 9.52. The van der Waals surface area contributed by atoms with Gasteiger partial charge in [-0.25, -0.2) is 0 Å². The molecule has 0 amide bonds. The lowest BCUT2D eigenvalue weighted by molar-refractivity contribution is -0.114. The van der Waals surface area contributed by atoms with Crippen molar-refractivity contribution in [2.24, 2.45) is 0 Å². The Bertz CT molecular complexity index is 1370. The Hall–Kier alpha value is -3.92. The Kier molecular flexibility index (Phi) is 5.78. The van der Waals surface area contributed by atoms with Crippen molar-refractivity contribution in [2.45, 2.75) is 6.42 Å². The molecule has 1 aliphatic carbocycles. The van der Waals surface area contributed by atoms with Crippen LogP contribution in [0.4, 0.5) is 5.82 Å². The lowest BCUT2D eigenvalue weighted by Gasteiger charge is -2.08. The molecule has 0 bridgehead atoms. The molecule has 0 fully saturated rings. The average molecular weight is 452 g/mol. The fourth-order valence-corrected chi connectivity index (χ4v) is 4.16. The standard InChI is InChI=1S/C22H20N4O5S/c1-29-16-7-5-13(10-18(16)31-3)11-19-25-26-20(23)14(21(28)24-22(26)32-19)8-12-4-6-15(27)17(9-12)30-2/h4-10H,11,23H2,1-3H3/b12-8-. The van der Waals surface area contributed by atoms with Gasteiger partial charge in [0.05, 0.1) is 26.9 Å². The summed E-state index contributed by atoms with van der Waals surface area (Å²) in [6.07, 6.45) is 6.56. The average Bonchev–Trinajstić information content (AvgIpc) is 3.19. The van der Waals surface area contributed by atoms with Gasteiger partial charge >= 0.3 is 0 Å². The van der Waals surface area contributed by atoms with Gasteiger partial charge in [-0.3, -0.25) is 9.59 Å². The van der Waals surface area contributed by atoms with Crippen molar-refractivity contribution in [3.8, 4) is 11.5 Å². The molecule has 164 valence electrons. The van der Waals surface area contributed by atoms with Crippen LogP contribution in [-0.2, 0) is 16.0 Å². The smallest absolute Gasteiger partial charge is 0.283 e. The van der Waals surface area contributed by atoms with Crippen LogP contribution in [0, 0.1) is 0 Å². The van der Waals surface area contributed by atoms with Gasteiger partial charge in [0.15, 0.2) is 17.3 Å². The van der Waals surface area contributed by atoms with E-state index in [1.807, 2.05) is 18.2 Å². The van der Waals surface area contributed by atoms with E-state index < -0.39 is 5.56 Å². The zero-order valence-corrected chi connectivity index (χ0v) is 18.4. The summed E-state index contributed by atoms with van der Waals surface area (Å²) in [6, 6.07) is 5.61. The molecule has 3 aromatic rings. The number of nitrogens with zero attached hydrogens (tertiary/aromatic N) is 3. The maximum Gasteiger partial charge on any atom is 0.283 e. The minimum atomic E-state index is -0.478. The Labute approximate surface area is 187 Å². The number of hydrogen-bond donors (Lipinski definition) is 1. The van der Waals surface area contributed by atoms with Crippen molar-refractivity contribution in [1.82, 2.24) is 14.6 Å². The number of anilines is 1. The second kappa shape index (κ2) is 8.67. The maximum atomic E-state index is 12.6. The normalized spacial score (nSPS) is 14.7. The van der Waals surface area contributed by atoms with E-state index in [0.29, 0.717) is 28.5 Å². The van der Waals surface area contributed by atoms with Crippen molar-refractivity contribution in [3.63, 3.8) is 0 Å². The lowest BCUT2D eigenvalue weighted by Crippen LogP contribution is -2.17. The zero-order chi connectivity index (χ0) is 22.8. The third kappa shape index (κ3) is 4.00. The number of carbonyl (C=O) groups is 1. The van der Waals surface area contributed by atoms with E-state index in [9.17, 15) is 9.59 Å². The molecule has 0 radical (unpaired) electrons. The number of nitrogen functional groups attached to an aromatic ring is 1. The molecule has 0 saturated carbocycles. The quantitative estimate of drug-likeness (QED) is 0.606. The first-order chi connectivity index (χ1) is 15.4. The summed E-state index contributed by atoms with van der Waals surface area (Å²) < 4.78 is 17.1. The van der Waals surface area contributed by atoms with E-state index in [2.05, 4.69) is 10.1 Å². The molecule has 32 heavy (non-hydrogen) atoms. The summed E-state index contributed by atoms with van der Waals surface area (Å²) in [7, 11) is 4.57. The van der Waals surface area contributed by atoms with Crippen LogP contribution in [-0.4, -0.2) is 41.7 Å². The molecule has 2 N–H and O–H groups in total. The second-order valence-corrected chi connectivity index (χ2v) is 7.87. The van der Waals surface area contributed by atoms with Crippen molar-refractivity contribution in [3.05, 3.63) is 74.2 Å². The van der Waals surface area contributed by atoms with E-state index in [1.165, 1.54) is 29.0 Å². The van der Waals surface area contributed by atoms with Gasteiger partial charge in [-0.05, 0) is 41.5 Å². The molecule has 9 nitrogen and oxygen atoms in total. The summed E-state index contributed by atoms with van der Waals surface area (Å²) in [5.74, 6) is 1.35. The molecule has 0 spiro atoms. The first kappa shape index (κ1) is 21.3. The van der Waals surface area contributed by atoms with Gasteiger partial charge in [-0.2, -0.15) is 14.6 Å². The summed E-state index contributed by atoms with van der Waals surface area (Å²) in [5, 5.41) is 5.27. The summed E-state index contributed by atoms with van der Waals surface area (Å²) in [5.41, 5.74) is 7.52. The highest BCUT2D eigenvalue weighted by molar-refractivity contribution is 7.16. The van der Waals surface area contributed by atoms with E-state index in [4.69, 9.17) is 19.9 Å². The minimum Gasteiger partial charge on any atom is -0.493 e. The van der Waals surface area contributed by atoms with Crippen molar-refractivity contribution >= 4 is 34.0 Å². The molecule has 0 aliphatic heterocycles. The van der Waals surface area contributed by atoms with Crippen LogP contribution < -0.4 is 20.8 Å². The number of ketones is 1. The molecule has 1 aromatic carbocycles. The zero-order valence-electron chi connectivity index (χ0n) is 17.6. The maximum absolute atomic E-state index is 12.6. The van der Waals surface area contributed by atoms with Gasteiger partial charge < -0.3 is 19.9 Å². The molecule has 0 saturated heterocycles. The number of allylic oxidation sites excluding steroid dienone is 4. The van der Waals surface area contributed by atoms with Gasteiger partial charge in [-0.15, -0.1) is 0 Å². The number of fused-ring (bicyclic) bond motifs is 1. The molecule has 0 atom stereocenters. The van der Waals surface area contributed by atoms with Gasteiger partial charge in [0.25, 0.3) is 5.56 Å². The molecule has 0 unspecified atom stereocenters. The Morgan fingerprint density at radius 1 is 1.09 bits per heavy atom. The second-order valence-electron chi connectivity index (χ2n) is 6.83. The van der Waals surface area contributed by atoms with Crippen LogP contribution in [0.15, 0.2) is 52.6 Å². The number of carbonyl (C=O) groups excluding carboxylic acids is 1. The summed E-state index contributed by atoms with van der Waals surface area (Å²) in [4.78, 5) is 28.9. The number of benzene rings is 1. The number of methoxy groups -OCH3 is 3. The van der Waals surface area contributed by atoms with Crippen LogP contribution >= 0.6 is 11.3 Å². The molecule has 1 aliphatic rings. The first-order valence-corrected chi connectivity index (χ1v) is 10.3. The van der Waals surface area contributed by atoms with Gasteiger partial charge in [0, 0.05) is 6.42 Å². The summed E-state index contributed by atoms with van der Waals surface area (Å²) >= 11 is 1.28. The predicted molar refractivity (Wildman–Crippen MR) is 121 cm³/mol. The number of hydrogen-bond acceptors (Lipinski definition) is 9. The van der Waals surface area contributed by atoms with Gasteiger partial charge in [0.2, 0.25) is 10.7 Å². The molecular formula is C22H20N4O5S. The van der Waals surface area contributed by atoms with Gasteiger partial charge in [-0.1, -0.05) is 23.5 Å². The van der Waals surface area contributed by atoms with E-state index in [0.717, 1.165) is 10.6 Å². The molecule has 10 heteroatoms. The fourth-order valence-electron chi connectivity index (χ4n) is 3.23. The predicted octanol–water partition coefficient (Wildman–Crippen LogP) is 2.39. The SMILES string of the molecule is COC1=C/C(=C\c2c(N)n3nc(Cc4ccc(OC)c(OC)c4)sc3nc2=O)C=CC1=O. The molecule has 2 aromatic heterocycles. The van der Waals surface area contributed by atoms with Gasteiger partial charge in [0.1, 0.15) is 10.8 Å². The van der Waals surface area contributed by atoms with E-state index in [1.54, 1.807) is 32.4 Å². The highest BCUT2D eigenvalue weighted by Gasteiger charge is 2.16. The number of aromatic nitrogens is 3. The largest absolute Gasteiger partial charge is 0.493 e. The summed E-state index contributed by atoms with van der Waals surface area (Å²) in [6.45, 7) is 0. The highest BCUT2D eigenvalue weighted by Crippen LogP contribution is 2.29. The third-order valence-corrected chi connectivity index (χ3v) is 5.74. The lowest BCUT2D eigenvalue weighted by atomic mass is 10.0. The van der Waals surface area contributed by atoms with Crippen LogP contribution in [0.25, 0.3) is 11.0 Å². The van der Waals surface area contributed by atoms with Crippen LogP contribution in [0.1, 0.15) is 16.1 Å². The van der Waals surface area contributed by atoms with Crippen molar-refractivity contribution in [2.75, 3.05) is 27.1 Å². The van der Waals surface area contributed by atoms with Crippen molar-refractivity contribution in [1.29, 1.82) is 0 Å². The Morgan fingerprint density at radius 3 is 2.59 bits per heavy atom. The van der Waals surface area contributed by atoms with Crippen molar-refractivity contribution < 1.29 is 19.0 Å². The van der Waals surface area contributed by atoms with E-state index >= 15 is 0 Å². The highest BCUT2D eigenvalue weighted by atomic mass is 32.1. The monoisotopic (exact) mass is 452 g/mol. The van der Waals surface area contributed by atoms with E-state index in [-0.39, 0.29) is 22.9 Å². The molecule has 2 heterocycles. The number of nitrogens with two attached hydrogens (primary N) is 1. The third-order valence-electron chi connectivity index (χ3n) is 4.84. The van der Waals surface area contributed by atoms with Crippen LogP contribution in [0.2, 0.25) is 0 Å². The van der Waals surface area contributed by atoms with Crippen LogP contribution in [0.3, 0.4) is 0 Å². The molecular weight excluding hydrogens is 432 g/mol. The fraction of sp³-hybridized carbons (Fsp3) is 0.182. The van der Waals surface area contributed by atoms with Crippen LogP contribution in [0.5, 0.6) is 11.5 Å². The Balaban J connectivity index is 1.70. The minimum absolute atomic E-state index is 0.167. The Morgan fingerprint density at radius 2 is 1.88 bits per heavy atom. The number of ether oxygens (including phenoxy) is 3. The topological polar surface area (TPSA) is 118 Å². The molecule has 4 rings (SSSR count). The number of rotatable bonds is 6.